The zero-order valence-electron chi connectivity index (χ0n) is 28.3. The van der Waals surface area contributed by atoms with E-state index in [0.717, 1.165) is 42.5 Å². The SMILES string of the molecule is CCOC(=O)[C@H](Cc1ccc(O)c(O)c1)OC(=O)[C@H]1c2c(/C=C/C(=O)O[C@@H](Cc3ccc(O)c(O)c3)C(=O)O)ccc(O)c2O[C@@H]1c1ccc(O)c(O)c1. The molecule has 16 heteroatoms. The Bertz CT molecular complexity index is 2120. The molecule has 0 spiro atoms. The molecule has 1 heterocycles. The monoisotopic (exact) mass is 746 g/mol. The van der Waals surface area contributed by atoms with Crippen molar-refractivity contribution in [2.24, 2.45) is 0 Å². The van der Waals surface area contributed by atoms with Gasteiger partial charge in [0.1, 0.15) is 12.0 Å². The highest BCUT2D eigenvalue weighted by Gasteiger charge is 2.46. The number of benzene rings is 4. The first-order chi connectivity index (χ1) is 25.7. The standard InChI is InChI=1S/C38H34O16/c1-2-51-37(49)30(16-19-4-9-23(40)27(44)14-19)53-38(50)33-32-20(5-11-25(42)35(32)54-34(33)21-6-10-24(41)28(45)17-21)7-12-31(46)52-29(36(47)48)15-18-3-8-22(39)26(43)13-18/h3-14,17,29-30,33-34,39-45H,2,15-16H2,1H3,(H,47,48)/b12-7+/t29-,30-,33-,34+/m0/s1. The zero-order chi connectivity index (χ0) is 39.3. The van der Waals surface area contributed by atoms with Crippen LogP contribution >= 0.6 is 0 Å². The Labute approximate surface area is 305 Å². The minimum Gasteiger partial charge on any atom is -0.504 e. The first-order valence-corrected chi connectivity index (χ1v) is 16.2. The van der Waals surface area contributed by atoms with E-state index in [2.05, 4.69) is 0 Å². The number of hydrogen-bond donors (Lipinski definition) is 8. The lowest BCUT2D eigenvalue weighted by Gasteiger charge is -2.23. The van der Waals surface area contributed by atoms with Crippen LogP contribution in [-0.2, 0) is 46.2 Å². The van der Waals surface area contributed by atoms with Gasteiger partial charge >= 0.3 is 23.9 Å². The molecule has 8 N–H and O–H groups in total. The van der Waals surface area contributed by atoms with Gasteiger partial charge in [0.15, 0.2) is 46.0 Å². The molecular weight excluding hydrogens is 712 g/mol. The van der Waals surface area contributed by atoms with Gasteiger partial charge in [-0.15, -0.1) is 0 Å². The van der Waals surface area contributed by atoms with Crippen LogP contribution in [0.1, 0.15) is 46.8 Å². The molecule has 4 atom stereocenters. The topological polar surface area (TPSA) is 267 Å². The maximum atomic E-state index is 14.2. The van der Waals surface area contributed by atoms with E-state index in [0.29, 0.717) is 0 Å². The highest BCUT2D eigenvalue weighted by Crippen LogP contribution is 2.53. The van der Waals surface area contributed by atoms with Crippen molar-refractivity contribution in [3.05, 3.63) is 101 Å². The molecule has 0 aromatic heterocycles. The average Bonchev–Trinajstić information content (AvgIpc) is 3.54. The molecule has 0 aliphatic carbocycles. The van der Waals surface area contributed by atoms with E-state index in [1.54, 1.807) is 0 Å². The van der Waals surface area contributed by atoms with Crippen LogP contribution in [0.5, 0.6) is 46.0 Å². The third-order valence-corrected chi connectivity index (χ3v) is 8.31. The van der Waals surface area contributed by atoms with E-state index in [9.17, 15) is 60.0 Å². The van der Waals surface area contributed by atoms with Crippen molar-refractivity contribution in [3.8, 4) is 46.0 Å². The van der Waals surface area contributed by atoms with Crippen molar-refractivity contribution in [2.75, 3.05) is 6.61 Å². The van der Waals surface area contributed by atoms with E-state index >= 15 is 0 Å². The van der Waals surface area contributed by atoms with E-state index in [-0.39, 0.29) is 53.0 Å². The lowest BCUT2D eigenvalue weighted by molar-refractivity contribution is -0.169. The predicted molar refractivity (Wildman–Crippen MR) is 184 cm³/mol. The second kappa shape index (κ2) is 16.1. The van der Waals surface area contributed by atoms with Crippen molar-refractivity contribution in [2.45, 2.75) is 44.0 Å². The minimum atomic E-state index is -1.72. The summed E-state index contributed by atoms with van der Waals surface area (Å²) in [4.78, 5) is 52.1. The lowest BCUT2D eigenvalue weighted by Crippen LogP contribution is -2.34. The number of carboxylic acids is 1. The van der Waals surface area contributed by atoms with Gasteiger partial charge in [0.2, 0.25) is 12.2 Å². The average molecular weight is 747 g/mol. The summed E-state index contributed by atoms with van der Waals surface area (Å²) in [7, 11) is 0. The molecule has 0 bridgehead atoms. The van der Waals surface area contributed by atoms with Crippen LogP contribution in [0.25, 0.3) is 6.08 Å². The van der Waals surface area contributed by atoms with Crippen LogP contribution < -0.4 is 4.74 Å². The number of esters is 3. The summed E-state index contributed by atoms with van der Waals surface area (Å²) in [6.45, 7) is 1.44. The molecule has 0 saturated heterocycles. The summed E-state index contributed by atoms with van der Waals surface area (Å²) in [5.41, 5.74) is 0.678. The van der Waals surface area contributed by atoms with Gasteiger partial charge < -0.3 is 59.8 Å². The molecule has 54 heavy (non-hydrogen) atoms. The Morgan fingerprint density at radius 2 is 1.26 bits per heavy atom. The van der Waals surface area contributed by atoms with Crippen molar-refractivity contribution < 1.29 is 79.0 Å². The Kier molecular flexibility index (Phi) is 11.3. The largest absolute Gasteiger partial charge is 0.504 e. The van der Waals surface area contributed by atoms with Gasteiger partial charge in [-0.2, -0.15) is 0 Å². The molecule has 1 aliphatic rings. The number of carboxylic acid groups (broad SMARTS) is 1. The number of carbonyl (C=O) groups is 4. The Morgan fingerprint density at radius 3 is 1.81 bits per heavy atom. The molecule has 0 amide bonds. The zero-order valence-corrected chi connectivity index (χ0v) is 28.3. The molecule has 0 fully saturated rings. The van der Waals surface area contributed by atoms with Gasteiger partial charge in [0.25, 0.3) is 0 Å². The summed E-state index contributed by atoms with van der Waals surface area (Å²) >= 11 is 0. The summed E-state index contributed by atoms with van der Waals surface area (Å²) in [5, 5.41) is 79.8. The molecular formula is C38H34O16. The maximum Gasteiger partial charge on any atom is 0.347 e. The molecule has 0 radical (unpaired) electrons. The van der Waals surface area contributed by atoms with Gasteiger partial charge in [0, 0.05) is 24.5 Å². The quantitative estimate of drug-likeness (QED) is 0.0418. The summed E-state index contributed by atoms with van der Waals surface area (Å²) in [5.74, 6) is -9.82. The van der Waals surface area contributed by atoms with Crippen molar-refractivity contribution in [3.63, 3.8) is 0 Å². The summed E-state index contributed by atoms with van der Waals surface area (Å²) < 4.78 is 22.0. The number of ether oxygens (including phenoxy) is 4. The highest BCUT2D eigenvalue weighted by atomic mass is 16.6. The van der Waals surface area contributed by atoms with Gasteiger partial charge in [-0.1, -0.05) is 24.3 Å². The molecule has 5 rings (SSSR count). The number of rotatable bonds is 13. The first-order valence-electron chi connectivity index (χ1n) is 16.2. The van der Waals surface area contributed by atoms with Crippen LogP contribution in [0, 0.1) is 0 Å². The molecule has 4 aromatic rings. The fourth-order valence-electron chi connectivity index (χ4n) is 5.72. The molecule has 0 saturated carbocycles. The third kappa shape index (κ3) is 8.50. The van der Waals surface area contributed by atoms with Gasteiger partial charge in [-0.25, -0.2) is 14.4 Å². The molecule has 16 nitrogen and oxygen atoms in total. The molecule has 282 valence electrons. The Hall–Kier alpha value is -7.10. The number of aliphatic carboxylic acids is 1. The van der Waals surface area contributed by atoms with Gasteiger partial charge in [0.05, 0.1) is 6.61 Å². The predicted octanol–water partition coefficient (Wildman–Crippen LogP) is 3.81. The fraction of sp³-hybridized carbons (Fsp3) is 0.211. The van der Waals surface area contributed by atoms with Crippen LogP contribution in [0.2, 0.25) is 0 Å². The molecule has 1 aliphatic heterocycles. The number of hydrogen-bond acceptors (Lipinski definition) is 15. The van der Waals surface area contributed by atoms with Crippen LogP contribution in [0.3, 0.4) is 0 Å². The van der Waals surface area contributed by atoms with E-state index in [1.165, 1.54) is 43.3 Å². The fourth-order valence-corrected chi connectivity index (χ4v) is 5.72. The van der Waals surface area contributed by atoms with Gasteiger partial charge in [-0.3, -0.25) is 4.79 Å². The third-order valence-electron chi connectivity index (χ3n) is 8.31. The summed E-state index contributed by atoms with van der Waals surface area (Å²) in [6.07, 6.45) is -3.34. The summed E-state index contributed by atoms with van der Waals surface area (Å²) in [6, 6.07) is 13.4. The number of aromatic hydroxyl groups is 7. The smallest absolute Gasteiger partial charge is 0.347 e. The van der Waals surface area contributed by atoms with E-state index in [1.807, 2.05) is 0 Å². The Morgan fingerprint density at radius 1 is 0.704 bits per heavy atom. The molecule has 0 unspecified atom stereocenters. The lowest BCUT2D eigenvalue weighted by atomic mass is 9.87. The normalized spacial score (nSPS) is 15.8. The van der Waals surface area contributed by atoms with Crippen molar-refractivity contribution >= 4 is 30.0 Å². The van der Waals surface area contributed by atoms with Crippen LogP contribution in [-0.4, -0.2) is 83.5 Å². The second-order valence-corrected chi connectivity index (χ2v) is 12.0. The second-order valence-electron chi connectivity index (χ2n) is 12.0. The van der Waals surface area contributed by atoms with Crippen LogP contribution in [0.4, 0.5) is 0 Å². The maximum absolute atomic E-state index is 14.2. The van der Waals surface area contributed by atoms with E-state index in [4.69, 9.17) is 18.9 Å². The molecule has 4 aromatic carbocycles. The van der Waals surface area contributed by atoms with Crippen molar-refractivity contribution in [1.29, 1.82) is 0 Å². The van der Waals surface area contributed by atoms with Gasteiger partial charge in [-0.05, 0) is 77.7 Å². The van der Waals surface area contributed by atoms with Crippen molar-refractivity contribution in [1.82, 2.24) is 0 Å². The van der Waals surface area contributed by atoms with E-state index < -0.39 is 88.4 Å². The minimum absolute atomic E-state index is 0.0409. The number of fused-ring (bicyclic) bond motifs is 1. The number of phenols is 7. The first kappa shape index (κ1) is 38.1. The number of phenolic OH excluding ortho intramolecular Hbond substituents is 7. The number of carbonyl (C=O) groups excluding carboxylic acids is 3. The van der Waals surface area contributed by atoms with Crippen LogP contribution in [0.15, 0.2) is 72.8 Å². The Balaban J connectivity index is 1.49. The highest BCUT2D eigenvalue weighted by molar-refractivity contribution is 5.92.